The Morgan fingerprint density at radius 2 is 1.81 bits per heavy atom. The Morgan fingerprint density at radius 1 is 1.05 bits per heavy atom. The first-order valence-corrected chi connectivity index (χ1v) is 11.4. The predicted molar refractivity (Wildman–Crippen MR) is 132 cm³/mol. The number of amides is 1. The van der Waals surface area contributed by atoms with E-state index in [1.807, 2.05) is 32.0 Å². The second-order valence-electron chi connectivity index (χ2n) is 9.35. The maximum absolute atomic E-state index is 13.6. The molecule has 0 aliphatic carbocycles. The van der Waals surface area contributed by atoms with Crippen LogP contribution in [0.5, 0.6) is 5.75 Å². The molecule has 0 unspecified atom stereocenters. The van der Waals surface area contributed by atoms with Gasteiger partial charge < -0.3 is 15.4 Å². The van der Waals surface area contributed by atoms with Gasteiger partial charge in [0.25, 0.3) is 5.91 Å². The van der Waals surface area contributed by atoms with Crippen LogP contribution in [0, 0.1) is 5.82 Å². The van der Waals surface area contributed by atoms with Crippen LogP contribution in [0.2, 0.25) is 0 Å². The lowest BCUT2D eigenvalue weighted by Gasteiger charge is -2.35. The van der Waals surface area contributed by atoms with E-state index in [1.165, 1.54) is 30.3 Å². The summed E-state index contributed by atoms with van der Waals surface area (Å²) < 4.78 is 58.9. The summed E-state index contributed by atoms with van der Waals surface area (Å²) in [6, 6.07) is 13.1. The summed E-state index contributed by atoms with van der Waals surface area (Å²) in [5, 5.41) is 5.70. The molecule has 2 N–H and O–H groups in total. The summed E-state index contributed by atoms with van der Waals surface area (Å²) in [5.74, 6) is -1.87. The quantitative estimate of drug-likeness (QED) is 0.241. The number of methoxy groups -OCH3 is 1. The number of benzene rings is 3. The average Bonchev–Trinajstić information content (AvgIpc) is 2.82. The van der Waals surface area contributed by atoms with E-state index in [0.717, 1.165) is 17.5 Å². The second kappa shape index (κ2) is 9.72. The SMILES string of the molecule is COc1ccc2c(c1)C(=CC(=O)c1cccc(NC(=O)c3cc(F)ccc3C(F)(F)F)c1)NC(C)(C)C2. The van der Waals surface area contributed by atoms with Crippen LogP contribution in [-0.4, -0.2) is 24.3 Å². The van der Waals surface area contributed by atoms with E-state index in [0.29, 0.717) is 29.6 Å². The fraction of sp³-hybridized carbons (Fsp3) is 0.214. The third kappa shape index (κ3) is 5.82. The minimum atomic E-state index is -4.84. The number of rotatable bonds is 5. The predicted octanol–water partition coefficient (Wildman–Crippen LogP) is 6.25. The van der Waals surface area contributed by atoms with Gasteiger partial charge in [0.05, 0.1) is 18.2 Å². The largest absolute Gasteiger partial charge is 0.497 e. The van der Waals surface area contributed by atoms with Gasteiger partial charge in [-0.25, -0.2) is 4.39 Å². The Labute approximate surface area is 211 Å². The number of alkyl halides is 3. The molecule has 0 aromatic heterocycles. The summed E-state index contributed by atoms with van der Waals surface area (Å²) in [5.41, 5.74) is 0.321. The van der Waals surface area contributed by atoms with Gasteiger partial charge in [-0.05, 0) is 68.3 Å². The van der Waals surface area contributed by atoms with Crippen LogP contribution in [-0.2, 0) is 12.6 Å². The van der Waals surface area contributed by atoms with Crippen LogP contribution in [0.15, 0.2) is 66.7 Å². The summed E-state index contributed by atoms with van der Waals surface area (Å²) in [6.07, 6.45) is -2.67. The highest BCUT2D eigenvalue weighted by Gasteiger charge is 2.35. The van der Waals surface area contributed by atoms with Crippen molar-refractivity contribution >= 4 is 23.1 Å². The molecular formula is C28H24F4N2O3. The molecule has 1 aliphatic heterocycles. The molecule has 0 saturated carbocycles. The van der Waals surface area contributed by atoms with Gasteiger partial charge in [-0.3, -0.25) is 9.59 Å². The van der Waals surface area contributed by atoms with Crippen molar-refractivity contribution in [3.63, 3.8) is 0 Å². The van der Waals surface area contributed by atoms with Crippen LogP contribution in [0.25, 0.3) is 5.70 Å². The highest BCUT2D eigenvalue weighted by Crippen LogP contribution is 2.34. The van der Waals surface area contributed by atoms with Crippen molar-refractivity contribution in [3.05, 3.63) is 100 Å². The van der Waals surface area contributed by atoms with E-state index in [9.17, 15) is 27.2 Å². The summed E-state index contributed by atoms with van der Waals surface area (Å²) >= 11 is 0. The topological polar surface area (TPSA) is 67.4 Å². The molecular weight excluding hydrogens is 488 g/mol. The molecule has 0 spiro atoms. The zero-order valence-electron chi connectivity index (χ0n) is 20.3. The third-order valence-electron chi connectivity index (χ3n) is 5.92. The van der Waals surface area contributed by atoms with Crippen molar-refractivity contribution in [3.8, 4) is 5.75 Å². The molecule has 0 saturated heterocycles. The minimum Gasteiger partial charge on any atom is -0.497 e. The maximum Gasteiger partial charge on any atom is 0.417 e. The number of allylic oxidation sites excluding steroid dienone is 1. The number of fused-ring (bicyclic) bond motifs is 1. The smallest absolute Gasteiger partial charge is 0.417 e. The highest BCUT2D eigenvalue weighted by molar-refractivity contribution is 6.10. The number of nitrogens with one attached hydrogen (secondary N) is 2. The first kappa shape index (κ1) is 25.9. The van der Waals surface area contributed by atoms with Crippen LogP contribution >= 0.6 is 0 Å². The lowest BCUT2D eigenvalue weighted by Crippen LogP contribution is -2.43. The molecule has 0 fully saturated rings. The molecule has 0 bridgehead atoms. The van der Waals surface area contributed by atoms with E-state index < -0.39 is 29.0 Å². The van der Waals surface area contributed by atoms with Crippen LogP contribution < -0.4 is 15.4 Å². The van der Waals surface area contributed by atoms with Gasteiger partial charge in [0.1, 0.15) is 11.6 Å². The minimum absolute atomic E-state index is 0.0886. The van der Waals surface area contributed by atoms with E-state index in [1.54, 1.807) is 7.11 Å². The van der Waals surface area contributed by atoms with Gasteiger partial charge in [-0.1, -0.05) is 18.2 Å². The van der Waals surface area contributed by atoms with Crippen molar-refractivity contribution in [2.75, 3.05) is 12.4 Å². The third-order valence-corrected chi connectivity index (χ3v) is 5.92. The molecule has 5 nitrogen and oxygen atoms in total. The van der Waals surface area contributed by atoms with Gasteiger partial charge in [-0.2, -0.15) is 13.2 Å². The number of ketones is 1. The summed E-state index contributed by atoms with van der Waals surface area (Å²) in [7, 11) is 1.55. The van der Waals surface area contributed by atoms with Gasteiger partial charge in [-0.15, -0.1) is 0 Å². The maximum atomic E-state index is 13.6. The molecule has 1 aliphatic rings. The number of anilines is 1. The van der Waals surface area contributed by atoms with Crippen LogP contribution in [0.1, 0.15) is 51.3 Å². The standard InChI is InChI=1S/C28H24F4N2O3/c1-27(2)15-17-7-9-20(37-3)13-21(17)24(34-27)14-25(35)16-5-4-6-19(11-16)33-26(36)22-12-18(29)8-10-23(22)28(30,31)32/h4-14,34H,15H2,1-3H3,(H,33,36). The summed E-state index contributed by atoms with van der Waals surface area (Å²) in [4.78, 5) is 25.8. The lowest BCUT2D eigenvalue weighted by molar-refractivity contribution is -0.137. The van der Waals surface area contributed by atoms with Crippen molar-refractivity contribution in [2.45, 2.75) is 32.0 Å². The van der Waals surface area contributed by atoms with Crippen molar-refractivity contribution in [1.29, 1.82) is 0 Å². The molecule has 3 aromatic carbocycles. The van der Waals surface area contributed by atoms with Crippen LogP contribution in [0.4, 0.5) is 23.2 Å². The number of hydrogen-bond acceptors (Lipinski definition) is 4. The number of ether oxygens (including phenoxy) is 1. The molecule has 3 aromatic rings. The van der Waals surface area contributed by atoms with E-state index in [-0.39, 0.29) is 22.6 Å². The lowest BCUT2D eigenvalue weighted by atomic mass is 9.85. The normalized spacial score (nSPS) is 15.5. The average molecular weight is 513 g/mol. The van der Waals surface area contributed by atoms with Gasteiger partial charge in [0.15, 0.2) is 5.78 Å². The second-order valence-corrected chi connectivity index (χ2v) is 9.35. The van der Waals surface area contributed by atoms with Crippen molar-refractivity contribution in [2.24, 2.45) is 0 Å². The highest BCUT2D eigenvalue weighted by atomic mass is 19.4. The van der Waals surface area contributed by atoms with Gasteiger partial charge >= 0.3 is 6.18 Å². The van der Waals surface area contributed by atoms with E-state index >= 15 is 0 Å². The van der Waals surface area contributed by atoms with Crippen molar-refractivity contribution in [1.82, 2.24) is 5.32 Å². The van der Waals surface area contributed by atoms with Gasteiger partial charge in [0, 0.05) is 34.1 Å². The fourth-order valence-electron chi connectivity index (χ4n) is 4.27. The monoisotopic (exact) mass is 512 g/mol. The Hall–Kier alpha value is -4.14. The number of carbonyl (C=O) groups is 2. The fourth-order valence-corrected chi connectivity index (χ4v) is 4.27. The Kier molecular flexibility index (Phi) is 6.82. The summed E-state index contributed by atoms with van der Waals surface area (Å²) in [6.45, 7) is 4.02. The Bertz CT molecular complexity index is 1410. The molecule has 0 radical (unpaired) electrons. The Morgan fingerprint density at radius 3 is 2.51 bits per heavy atom. The van der Waals surface area contributed by atoms with E-state index in [2.05, 4.69) is 10.6 Å². The molecule has 1 amide bonds. The molecule has 1 heterocycles. The first-order valence-electron chi connectivity index (χ1n) is 11.4. The van der Waals surface area contributed by atoms with Crippen molar-refractivity contribution < 1.29 is 31.9 Å². The number of carbonyl (C=O) groups excluding carboxylic acids is 2. The Balaban J connectivity index is 1.63. The number of halogens is 4. The van der Waals surface area contributed by atoms with E-state index in [4.69, 9.17) is 4.74 Å². The molecule has 37 heavy (non-hydrogen) atoms. The molecule has 4 rings (SSSR count). The zero-order chi connectivity index (χ0) is 27.0. The zero-order valence-corrected chi connectivity index (χ0v) is 20.3. The van der Waals surface area contributed by atoms with Crippen LogP contribution in [0.3, 0.4) is 0 Å². The molecule has 0 atom stereocenters. The van der Waals surface area contributed by atoms with Gasteiger partial charge in [0.2, 0.25) is 0 Å². The first-order chi connectivity index (χ1) is 17.4. The molecule has 9 heteroatoms. The number of hydrogen-bond donors (Lipinski definition) is 2. The molecule has 192 valence electrons.